The molecule has 9 heteroatoms. The average Bonchev–Trinajstić information content (AvgIpc) is 2.51. The van der Waals surface area contributed by atoms with Crippen molar-refractivity contribution in [2.24, 2.45) is 10.8 Å². The van der Waals surface area contributed by atoms with Crippen LogP contribution in [-0.4, -0.2) is 34.0 Å². The normalized spacial score (nSPS) is 8.74. The van der Waals surface area contributed by atoms with Gasteiger partial charge in [-0.1, -0.05) is 12.1 Å². The van der Waals surface area contributed by atoms with Crippen molar-refractivity contribution in [1.29, 1.82) is 0 Å². The smallest absolute Gasteiger partial charge is 0.870 e. The van der Waals surface area contributed by atoms with Gasteiger partial charge in [0, 0.05) is 12.4 Å². The molecule has 126 valence electrons. The molecular weight excluding hydrogens is 363 g/mol. The number of nitrogens with two attached hydrogens (primary N) is 1. The Morgan fingerprint density at radius 1 is 1.30 bits per heavy atom. The Morgan fingerprint density at radius 3 is 2.39 bits per heavy atom. The van der Waals surface area contributed by atoms with Crippen molar-refractivity contribution in [3.05, 3.63) is 54.4 Å². The van der Waals surface area contributed by atoms with Gasteiger partial charge in [-0.2, -0.15) is 5.10 Å². The molecule has 0 saturated heterocycles. The molecule has 0 spiro atoms. The predicted molar refractivity (Wildman–Crippen MR) is 89.7 cm³/mol. The summed E-state index contributed by atoms with van der Waals surface area (Å²) in [6.07, 6.45) is 4.96. The van der Waals surface area contributed by atoms with Gasteiger partial charge in [0.1, 0.15) is 0 Å². The summed E-state index contributed by atoms with van der Waals surface area (Å²) in [6, 6.07) is 10.9. The second-order valence-corrected chi connectivity index (χ2v) is 4.12. The molecule has 1 aromatic carbocycles. The number of pyridine rings is 1. The molecule has 0 fully saturated rings. The van der Waals surface area contributed by atoms with Crippen LogP contribution < -0.4 is 15.9 Å². The molecule has 0 saturated carbocycles. The third-order valence-corrected chi connectivity index (χ3v) is 2.31. The Balaban J connectivity index is 0. The maximum atomic E-state index is 7.72. The van der Waals surface area contributed by atoms with Crippen LogP contribution in [0.4, 0.5) is 0 Å². The molecule has 6 N–H and O–H groups in total. The van der Waals surface area contributed by atoms with E-state index in [1.54, 1.807) is 30.6 Å². The van der Waals surface area contributed by atoms with Crippen LogP contribution in [0.5, 0.6) is 11.5 Å². The van der Waals surface area contributed by atoms with E-state index >= 15 is 0 Å². The predicted octanol–water partition coefficient (Wildman–Crippen LogP) is 1.20. The van der Waals surface area contributed by atoms with Crippen molar-refractivity contribution in [2.45, 2.75) is 0 Å². The van der Waals surface area contributed by atoms with Crippen LogP contribution in [0.1, 0.15) is 5.56 Å². The third kappa shape index (κ3) is 9.41. The Hall–Kier alpha value is -2.22. The van der Waals surface area contributed by atoms with Crippen LogP contribution >= 0.6 is 12.2 Å². The SMILES string of the molecule is COc1cccc(C=NNC(N)=S)c1[OH2+].[Ni+2].[OH-].c1ccncc1. The number of nitrogens with one attached hydrogen (secondary N) is 1. The van der Waals surface area contributed by atoms with E-state index in [2.05, 4.69) is 27.7 Å². The first kappa shape index (κ1) is 23.1. The van der Waals surface area contributed by atoms with E-state index in [1.807, 2.05) is 18.2 Å². The number of rotatable bonds is 3. The van der Waals surface area contributed by atoms with Crippen LogP contribution in [0.25, 0.3) is 0 Å². The molecule has 0 amide bonds. The second-order valence-electron chi connectivity index (χ2n) is 3.68. The van der Waals surface area contributed by atoms with Gasteiger partial charge in [-0.15, -0.1) is 0 Å². The van der Waals surface area contributed by atoms with E-state index in [0.29, 0.717) is 11.3 Å². The monoisotopic (exact) mass is 380 g/mol. The van der Waals surface area contributed by atoms with Gasteiger partial charge in [-0.3, -0.25) is 10.4 Å². The zero-order valence-electron chi connectivity index (χ0n) is 12.2. The minimum atomic E-state index is 0. The molecule has 1 aromatic heterocycles. The third-order valence-electron chi connectivity index (χ3n) is 2.22. The van der Waals surface area contributed by atoms with Gasteiger partial charge in [0.25, 0.3) is 0 Å². The fourth-order valence-corrected chi connectivity index (χ4v) is 1.36. The number of methoxy groups -OCH3 is 1. The van der Waals surface area contributed by atoms with Crippen molar-refractivity contribution in [1.82, 2.24) is 10.4 Å². The zero-order valence-corrected chi connectivity index (χ0v) is 14.1. The number of para-hydroxylation sites is 1. The van der Waals surface area contributed by atoms with Crippen LogP contribution in [-0.2, 0) is 16.5 Å². The molecule has 0 bridgehead atoms. The molecule has 0 aliphatic carbocycles. The fourth-order valence-electron chi connectivity index (χ4n) is 1.30. The number of thiocarbonyl (C=S) groups is 1. The minimum absolute atomic E-state index is 0. The number of hydrazone groups is 1. The fraction of sp³-hybridized carbons (Fsp3) is 0.0714. The molecule has 2 aromatic rings. The summed E-state index contributed by atoms with van der Waals surface area (Å²) in [5.41, 5.74) is 8.22. The van der Waals surface area contributed by atoms with E-state index in [9.17, 15) is 0 Å². The first-order valence-electron chi connectivity index (χ1n) is 5.97. The summed E-state index contributed by atoms with van der Waals surface area (Å²) in [5, 5.41) is 11.6. The van der Waals surface area contributed by atoms with Gasteiger partial charge in [0.2, 0.25) is 5.75 Å². The van der Waals surface area contributed by atoms with E-state index in [0.717, 1.165) is 0 Å². The molecule has 2 rings (SSSR count). The van der Waals surface area contributed by atoms with Gasteiger partial charge < -0.3 is 21.1 Å². The van der Waals surface area contributed by atoms with Crippen LogP contribution in [0, 0.1) is 0 Å². The summed E-state index contributed by atoms with van der Waals surface area (Å²) in [5.74, 6) is 0.766. The van der Waals surface area contributed by atoms with Crippen molar-refractivity contribution < 1.29 is 31.8 Å². The molecule has 0 aliphatic heterocycles. The summed E-state index contributed by atoms with van der Waals surface area (Å²) >= 11 is 4.57. The average molecular weight is 381 g/mol. The quantitative estimate of drug-likeness (QED) is 0.271. The van der Waals surface area contributed by atoms with Crippen molar-refractivity contribution >= 4 is 23.5 Å². The van der Waals surface area contributed by atoms with Gasteiger partial charge >= 0.3 is 22.2 Å². The van der Waals surface area contributed by atoms with Crippen molar-refractivity contribution in [2.75, 3.05) is 7.11 Å². The summed E-state index contributed by atoms with van der Waals surface area (Å²) in [7, 11) is 1.52. The van der Waals surface area contributed by atoms with Crippen LogP contribution in [0.15, 0.2) is 53.9 Å². The van der Waals surface area contributed by atoms with E-state index in [1.165, 1.54) is 13.3 Å². The molecule has 0 unspecified atom stereocenters. The first-order chi connectivity index (χ1) is 10.1. The molecule has 0 radical (unpaired) electrons. The van der Waals surface area contributed by atoms with Gasteiger partial charge in [0.15, 0.2) is 5.11 Å². The second kappa shape index (κ2) is 13.4. The zero-order chi connectivity index (χ0) is 15.5. The first-order valence-corrected chi connectivity index (χ1v) is 6.38. The molecule has 1 heterocycles. The minimum Gasteiger partial charge on any atom is -0.870 e. The van der Waals surface area contributed by atoms with E-state index in [-0.39, 0.29) is 32.8 Å². The molecule has 7 nitrogen and oxygen atoms in total. The Bertz CT molecular complexity index is 573. The van der Waals surface area contributed by atoms with Gasteiger partial charge in [-0.25, -0.2) is 0 Å². The maximum absolute atomic E-state index is 7.72. The number of hydrogen-bond donors (Lipinski definition) is 2. The van der Waals surface area contributed by atoms with Crippen LogP contribution in [0.3, 0.4) is 0 Å². The number of hydrogen-bond acceptors (Lipinski definition) is 5. The number of nitrogens with zero attached hydrogens (tertiary/aromatic N) is 2. The van der Waals surface area contributed by atoms with Gasteiger partial charge in [0.05, 0.1) is 18.9 Å². The van der Waals surface area contributed by atoms with Crippen molar-refractivity contribution in [3.63, 3.8) is 0 Å². The Labute approximate surface area is 149 Å². The van der Waals surface area contributed by atoms with Crippen molar-refractivity contribution in [3.8, 4) is 11.5 Å². The largest absolute Gasteiger partial charge is 2.00 e. The van der Waals surface area contributed by atoms with Crippen LogP contribution in [0.2, 0.25) is 0 Å². The van der Waals surface area contributed by atoms with E-state index in [4.69, 9.17) is 15.6 Å². The number of benzene rings is 1. The van der Waals surface area contributed by atoms with E-state index < -0.39 is 0 Å². The summed E-state index contributed by atoms with van der Waals surface area (Å²) < 4.78 is 4.99. The molecule has 23 heavy (non-hydrogen) atoms. The molecule has 0 atom stereocenters. The number of ether oxygens (including phenoxy) is 1. The number of aromatic nitrogens is 1. The molecular formula is C14H18N4NiO3S+2. The van der Waals surface area contributed by atoms with Gasteiger partial charge in [-0.05, 0) is 36.5 Å². The summed E-state index contributed by atoms with van der Waals surface area (Å²) in [6.45, 7) is 0. The maximum Gasteiger partial charge on any atom is 2.00 e. The Kier molecular flexibility index (Phi) is 13.5. The standard InChI is InChI=1S/C9H11N3O2S.C5H5N.Ni.H2O/c1-14-7-4-2-3-6(8(7)13)5-11-12-9(10)15;1-2-4-6-5-3-1;;/h2-5,13H,1H3,(H3,10,12,15);1-5H;;1H2/q;;+2;. The Morgan fingerprint density at radius 2 is 1.96 bits per heavy atom. The molecule has 0 aliphatic rings. The summed E-state index contributed by atoms with van der Waals surface area (Å²) in [4.78, 5) is 3.78. The topological polar surface area (TPSA) is 125 Å².